The maximum absolute atomic E-state index is 13.8. The molecule has 0 saturated carbocycles. The number of nitrogens with two attached hydrogens (primary N) is 1. The van der Waals surface area contributed by atoms with Gasteiger partial charge in [0.15, 0.2) is 0 Å². The van der Waals surface area contributed by atoms with Gasteiger partial charge in [-0.25, -0.2) is 13.8 Å². The van der Waals surface area contributed by atoms with Crippen molar-refractivity contribution in [1.29, 1.82) is 0 Å². The Morgan fingerprint density at radius 2 is 1.95 bits per heavy atom. The summed E-state index contributed by atoms with van der Waals surface area (Å²) in [5, 5.41) is 0. The maximum Gasteiger partial charge on any atom is 0.133 e. The van der Waals surface area contributed by atoms with E-state index in [1.54, 1.807) is 6.20 Å². The summed E-state index contributed by atoms with van der Waals surface area (Å²) < 4.78 is 27.6. The van der Waals surface area contributed by atoms with Crippen LogP contribution in [0.2, 0.25) is 0 Å². The molecule has 3 nitrogen and oxygen atoms in total. The van der Waals surface area contributed by atoms with E-state index in [0.29, 0.717) is 18.8 Å². The van der Waals surface area contributed by atoms with Crippen LogP contribution in [-0.2, 0) is 6.54 Å². The van der Waals surface area contributed by atoms with Crippen molar-refractivity contribution < 1.29 is 8.78 Å². The van der Waals surface area contributed by atoms with E-state index in [1.807, 2.05) is 18.2 Å². The zero-order chi connectivity index (χ0) is 15.5. The van der Waals surface area contributed by atoms with Crippen molar-refractivity contribution >= 4 is 11.4 Å². The lowest BCUT2D eigenvalue weighted by atomic mass is 9.98. The molecule has 2 heterocycles. The van der Waals surface area contributed by atoms with Gasteiger partial charge in [-0.1, -0.05) is 12.1 Å². The van der Waals surface area contributed by atoms with Gasteiger partial charge in [-0.05, 0) is 41.8 Å². The van der Waals surface area contributed by atoms with E-state index in [9.17, 15) is 8.78 Å². The number of rotatable bonds is 3. The van der Waals surface area contributed by atoms with E-state index in [4.69, 9.17) is 5.73 Å². The first-order valence-corrected chi connectivity index (χ1v) is 7.19. The molecule has 1 aliphatic heterocycles. The van der Waals surface area contributed by atoms with Crippen LogP contribution in [0.1, 0.15) is 17.5 Å². The van der Waals surface area contributed by atoms with Gasteiger partial charge in [-0.2, -0.15) is 0 Å². The molecule has 0 unspecified atom stereocenters. The minimum absolute atomic E-state index is 0.107. The van der Waals surface area contributed by atoms with Gasteiger partial charge >= 0.3 is 0 Å². The molecule has 1 aliphatic rings. The van der Waals surface area contributed by atoms with Gasteiger partial charge < -0.3 is 5.73 Å². The first-order valence-electron chi connectivity index (χ1n) is 7.19. The SMILES string of the molecule is Nc1cc(CN2CC=C(c3c(F)cccc3F)CC2)ccn1. The molecular weight excluding hydrogens is 284 g/mol. The third-order valence-electron chi connectivity index (χ3n) is 3.83. The van der Waals surface area contributed by atoms with Crippen LogP contribution in [0.3, 0.4) is 0 Å². The number of anilines is 1. The standard InChI is InChI=1S/C17H17F2N3/c18-14-2-1-3-15(19)17(14)13-5-8-22(9-6-13)11-12-4-7-21-16(20)10-12/h1-5,7,10H,6,8-9,11H2,(H2,20,21). The molecule has 3 rings (SSSR count). The van der Waals surface area contributed by atoms with Crippen LogP contribution in [0.25, 0.3) is 5.57 Å². The Balaban J connectivity index is 1.72. The monoisotopic (exact) mass is 301 g/mol. The number of hydrogen-bond acceptors (Lipinski definition) is 3. The second-order valence-corrected chi connectivity index (χ2v) is 5.40. The molecule has 0 amide bonds. The molecule has 2 aromatic rings. The summed E-state index contributed by atoms with van der Waals surface area (Å²) >= 11 is 0. The Kier molecular flexibility index (Phi) is 4.15. The second-order valence-electron chi connectivity index (χ2n) is 5.40. The first-order chi connectivity index (χ1) is 10.6. The average molecular weight is 301 g/mol. The van der Waals surface area contributed by atoms with E-state index in [-0.39, 0.29) is 5.56 Å². The van der Waals surface area contributed by atoms with E-state index in [1.165, 1.54) is 18.2 Å². The van der Waals surface area contributed by atoms with Gasteiger partial charge in [0.05, 0.1) is 0 Å². The van der Waals surface area contributed by atoms with Crippen LogP contribution >= 0.6 is 0 Å². The van der Waals surface area contributed by atoms with Crippen molar-refractivity contribution in [2.75, 3.05) is 18.8 Å². The van der Waals surface area contributed by atoms with E-state index >= 15 is 0 Å². The average Bonchev–Trinajstić information content (AvgIpc) is 2.49. The van der Waals surface area contributed by atoms with E-state index in [2.05, 4.69) is 9.88 Å². The van der Waals surface area contributed by atoms with Gasteiger partial charge in [-0.15, -0.1) is 0 Å². The predicted octanol–water partition coefficient (Wildman–Crippen LogP) is 3.23. The Morgan fingerprint density at radius 3 is 2.59 bits per heavy atom. The largest absolute Gasteiger partial charge is 0.384 e. The van der Waals surface area contributed by atoms with E-state index < -0.39 is 11.6 Å². The van der Waals surface area contributed by atoms with Gasteiger partial charge in [0, 0.05) is 31.4 Å². The van der Waals surface area contributed by atoms with Crippen molar-refractivity contribution in [2.24, 2.45) is 0 Å². The fraction of sp³-hybridized carbons (Fsp3) is 0.235. The Labute approximate surface area is 128 Å². The molecule has 2 N–H and O–H groups in total. The van der Waals surface area contributed by atoms with Gasteiger partial charge in [-0.3, -0.25) is 4.90 Å². The molecule has 1 aromatic carbocycles. The third-order valence-corrected chi connectivity index (χ3v) is 3.83. The normalized spacial score (nSPS) is 15.6. The topological polar surface area (TPSA) is 42.1 Å². The zero-order valence-corrected chi connectivity index (χ0v) is 12.1. The Hall–Kier alpha value is -2.27. The minimum atomic E-state index is -0.499. The molecule has 22 heavy (non-hydrogen) atoms. The molecule has 114 valence electrons. The van der Waals surface area contributed by atoms with Crippen LogP contribution in [-0.4, -0.2) is 23.0 Å². The lowest BCUT2D eigenvalue weighted by Gasteiger charge is -2.26. The molecule has 0 saturated heterocycles. The summed E-state index contributed by atoms with van der Waals surface area (Å²) in [5.74, 6) is -0.498. The van der Waals surface area contributed by atoms with Crippen LogP contribution < -0.4 is 5.73 Å². The minimum Gasteiger partial charge on any atom is -0.384 e. The summed E-state index contributed by atoms with van der Waals surface area (Å²) in [7, 11) is 0. The number of benzene rings is 1. The smallest absolute Gasteiger partial charge is 0.133 e. The number of aromatic nitrogens is 1. The maximum atomic E-state index is 13.8. The lowest BCUT2D eigenvalue weighted by molar-refractivity contribution is 0.293. The highest BCUT2D eigenvalue weighted by molar-refractivity contribution is 5.67. The van der Waals surface area contributed by atoms with Crippen LogP contribution in [0, 0.1) is 11.6 Å². The summed E-state index contributed by atoms with van der Waals surface area (Å²) in [5.41, 5.74) is 7.60. The van der Waals surface area contributed by atoms with Crippen molar-refractivity contribution in [3.05, 3.63) is 65.4 Å². The van der Waals surface area contributed by atoms with Crippen molar-refractivity contribution in [3.63, 3.8) is 0 Å². The highest BCUT2D eigenvalue weighted by Crippen LogP contribution is 2.27. The molecule has 0 fully saturated rings. The van der Waals surface area contributed by atoms with Crippen molar-refractivity contribution in [2.45, 2.75) is 13.0 Å². The van der Waals surface area contributed by atoms with Crippen LogP contribution in [0.5, 0.6) is 0 Å². The molecule has 1 aromatic heterocycles. The highest BCUT2D eigenvalue weighted by atomic mass is 19.1. The molecule has 0 radical (unpaired) electrons. The zero-order valence-electron chi connectivity index (χ0n) is 12.1. The van der Waals surface area contributed by atoms with Gasteiger partial charge in [0.1, 0.15) is 17.5 Å². The summed E-state index contributed by atoms with van der Waals surface area (Å²) in [6.07, 6.45) is 4.21. The lowest BCUT2D eigenvalue weighted by Crippen LogP contribution is -2.28. The molecule has 0 aliphatic carbocycles. The van der Waals surface area contributed by atoms with Crippen molar-refractivity contribution in [1.82, 2.24) is 9.88 Å². The molecule has 0 spiro atoms. The number of nitrogens with zero attached hydrogens (tertiary/aromatic N) is 2. The first kappa shape index (κ1) is 14.7. The number of hydrogen-bond donors (Lipinski definition) is 1. The van der Waals surface area contributed by atoms with Gasteiger partial charge in [0.25, 0.3) is 0 Å². The number of nitrogen functional groups attached to an aromatic ring is 1. The predicted molar refractivity (Wildman–Crippen MR) is 82.9 cm³/mol. The molecule has 0 bridgehead atoms. The summed E-state index contributed by atoms with van der Waals surface area (Å²) in [6.45, 7) is 2.16. The Bertz CT molecular complexity index is 693. The number of pyridine rings is 1. The summed E-state index contributed by atoms with van der Waals surface area (Å²) in [4.78, 5) is 6.17. The quantitative estimate of drug-likeness (QED) is 0.946. The van der Waals surface area contributed by atoms with Crippen LogP contribution in [0.15, 0.2) is 42.6 Å². The van der Waals surface area contributed by atoms with E-state index in [0.717, 1.165) is 24.2 Å². The second kappa shape index (κ2) is 6.23. The highest BCUT2D eigenvalue weighted by Gasteiger charge is 2.18. The molecule has 5 heteroatoms. The van der Waals surface area contributed by atoms with Crippen molar-refractivity contribution in [3.8, 4) is 0 Å². The fourth-order valence-corrected chi connectivity index (χ4v) is 2.74. The van der Waals surface area contributed by atoms with Gasteiger partial charge in [0.2, 0.25) is 0 Å². The van der Waals surface area contributed by atoms with Crippen LogP contribution in [0.4, 0.5) is 14.6 Å². The molecular formula is C17H17F2N3. The fourth-order valence-electron chi connectivity index (χ4n) is 2.74. The summed E-state index contributed by atoms with van der Waals surface area (Å²) in [6, 6.07) is 7.75. The number of halogens is 2. The third kappa shape index (κ3) is 3.14. The molecule has 0 atom stereocenters. The Morgan fingerprint density at radius 1 is 1.18 bits per heavy atom.